The second-order valence-corrected chi connectivity index (χ2v) is 2.38. The topological polar surface area (TPSA) is 9.23 Å². The van der Waals surface area contributed by atoms with Crippen LogP contribution in [0.25, 0.3) is 0 Å². The molecule has 7 heavy (non-hydrogen) atoms. The molecule has 0 fully saturated rings. The molecule has 0 aliphatic carbocycles. The Balaban J connectivity index is 2.45. The molecule has 0 rings (SSSR count). The third-order valence-electron chi connectivity index (χ3n) is 0.850. The van der Waals surface area contributed by atoms with Crippen molar-refractivity contribution in [2.24, 2.45) is 0 Å². The summed E-state index contributed by atoms with van der Waals surface area (Å²) >= 11 is 1.20. The molecule has 0 aromatic rings. The van der Waals surface area contributed by atoms with Crippen LogP contribution in [0.3, 0.4) is 0 Å². The summed E-state index contributed by atoms with van der Waals surface area (Å²) in [4.78, 5) is 0. The molecule has 0 bridgehead atoms. The van der Waals surface area contributed by atoms with E-state index >= 15 is 0 Å². The second-order valence-electron chi connectivity index (χ2n) is 1.56. The molecule has 0 aromatic heterocycles. The molecule has 0 aliphatic heterocycles. The SMILES string of the molecule is CCCCC[O][Sn]. The van der Waals surface area contributed by atoms with Crippen molar-refractivity contribution in [1.82, 2.24) is 0 Å². The summed E-state index contributed by atoms with van der Waals surface area (Å²) in [5, 5.41) is 0. The molecule has 0 aromatic carbocycles. The molecule has 0 heterocycles. The van der Waals surface area contributed by atoms with E-state index in [4.69, 9.17) is 3.07 Å². The van der Waals surface area contributed by atoms with Crippen LogP contribution in [-0.4, -0.2) is 29.5 Å². The zero-order valence-electron chi connectivity index (χ0n) is 4.74. The van der Waals surface area contributed by atoms with Crippen LogP contribution in [0, 0.1) is 0 Å². The van der Waals surface area contributed by atoms with Crippen LogP contribution in [0.4, 0.5) is 0 Å². The van der Waals surface area contributed by atoms with Crippen molar-refractivity contribution in [2.45, 2.75) is 26.2 Å². The van der Waals surface area contributed by atoms with Crippen molar-refractivity contribution >= 4 is 22.9 Å². The Morgan fingerprint density at radius 3 is 2.57 bits per heavy atom. The van der Waals surface area contributed by atoms with Gasteiger partial charge in [-0.2, -0.15) is 0 Å². The van der Waals surface area contributed by atoms with E-state index in [1.165, 1.54) is 42.2 Å². The van der Waals surface area contributed by atoms with Gasteiger partial charge in [-0.15, -0.1) is 0 Å². The van der Waals surface area contributed by atoms with E-state index in [2.05, 4.69) is 6.92 Å². The van der Waals surface area contributed by atoms with Crippen molar-refractivity contribution in [2.75, 3.05) is 6.61 Å². The summed E-state index contributed by atoms with van der Waals surface area (Å²) in [6.07, 6.45) is 3.84. The molecule has 41 valence electrons. The first-order chi connectivity index (χ1) is 3.41. The summed E-state index contributed by atoms with van der Waals surface area (Å²) in [5.74, 6) is 0. The molecule has 0 saturated heterocycles. The monoisotopic (exact) mass is 207 g/mol. The first-order valence-corrected chi connectivity index (χ1v) is 3.87. The molecule has 0 atom stereocenters. The van der Waals surface area contributed by atoms with Gasteiger partial charge in [0.15, 0.2) is 0 Å². The first-order valence-electron chi connectivity index (χ1n) is 2.70. The van der Waals surface area contributed by atoms with E-state index in [1.807, 2.05) is 0 Å². The van der Waals surface area contributed by atoms with Gasteiger partial charge in [-0.05, 0) is 0 Å². The van der Waals surface area contributed by atoms with E-state index < -0.39 is 0 Å². The van der Waals surface area contributed by atoms with E-state index in [9.17, 15) is 0 Å². The van der Waals surface area contributed by atoms with E-state index in [-0.39, 0.29) is 0 Å². The van der Waals surface area contributed by atoms with Gasteiger partial charge in [-0.3, -0.25) is 0 Å². The fourth-order valence-electron chi connectivity index (χ4n) is 0.424. The van der Waals surface area contributed by atoms with Gasteiger partial charge in [0.25, 0.3) is 0 Å². The summed E-state index contributed by atoms with van der Waals surface area (Å²) in [6.45, 7) is 3.16. The van der Waals surface area contributed by atoms with Crippen molar-refractivity contribution in [1.29, 1.82) is 0 Å². The Bertz CT molecular complexity index is 27.3. The quantitative estimate of drug-likeness (QED) is 0.497. The maximum absolute atomic E-state index is 4.93. The van der Waals surface area contributed by atoms with Crippen molar-refractivity contribution < 1.29 is 3.07 Å². The van der Waals surface area contributed by atoms with Crippen LogP contribution in [0.15, 0.2) is 0 Å². The molecule has 0 aliphatic rings. The number of rotatable bonds is 4. The van der Waals surface area contributed by atoms with Gasteiger partial charge in [0.2, 0.25) is 0 Å². The summed E-state index contributed by atoms with van der Waals surface area (Å²) in [5.41, 5.74) is 0. The Hall–Kier alpha value is 0.759. The minimum absolute atomic E-state index is 0.964. The molecular weight excluding hydrogens is 195 g/mol. The Morgan fingerprint density at radius 2 is 2.14 bits per heavy atom. The van der Waals surface area contributed by atoms with Crippen LogP contribution >= 0.6 is 0 Å². The molecule has 0 saturated carbocycles. The summed E-state index contributed by atoms with van der Waals surface area (Å²) in [7, 11) is 0. The molecular formula is C5H11OSn. The molecule has 0 unspecified atom stereocenters. The minimum atomic E-state index is 0.964. The summed E-state index contributed by atoms with van der Waals surface area (Å²) < 4.78 is 4.93. The molecule has 1 nitrogen and oxygen atoms in total. The van der Waals surface area contributed by atoms with Gasteiger partial charge in [-0.1, -0.05) is 0 Å². The number of hydrogen-bond acceptors (Lipinski definition) is 1. The van der Waals surface area contributed by atoms with Gasteiger partial charge in [0.05, 0.1) is 0 Å². The third kappa shape index (κ3) is 6.76. The van der Waals surface area contributed by atoms with Gasteiger partial charge in [-0.25, -0.2) is 0 Å². The van der Waals surface area contributed by atoms with E-state index in [0.717, 1.165) is 6.61 Å². The van der Waals surface area contributed by atoms with Gasteiger partial charge in [0.1, 0.15) is 0 Å². The van der Waals surface area contributed by atoms with Crippen LogP contribution < -0.4 is 0 Å². The predicted octanol–water partition coefficient (Wildman–Crippen LogP) is 1.28. The van der Waals surface area contributed by atoms with Gasteiger partial charge in [0, 0.05) is 0 Å². The van der Waals surface area contributed by atoms with Gasteiger partial charge >= 0.3 is 58.8 Å². The molecule has 0 amide bonds. The van der Waals surface area contributed by atoms with Gasteiger partial charge < -0.3 is 0 Å². The third-order valence-corrected chi connectivity index (χ3v) is 1.43. The summed E-state index contributed by atoms with van der Waals surface area (Å²) in [6, 6.07) is 0. The van der Waals surface area contributed by atoms with Crippen LogP contribution in [0.2, 0.25) is 0 Å². The van der Waals surface area contributed by atoms with Crippen LogP contribution in [-0.2, 0) is 3.07 Å². The first kappa shape index (κ1) is 7.76. The Kier molecular flexibility index (Phi) is 7.49. The molecule has 3 radical (unpaired) electrons. The zero-order valence-corrected chi connectivity index (χ0v) is 7.59. The normalized spacial score (nSPS) is 9.43. The van der Waals surface area contributed by atoms with Crippen LogP contribution in [0.5, 0.6) is 0 Å². The average molecular weight is 206 g/mol. The molecule has 2 heteroatoms. The number of hydrogen-bond donors (Lipinski definition) is 0. The fourth-order valence-corrected chi connectivity index (χ4v) is 0.836. The maximum atomic E-state index is 4.93. The molecule has 0 N–H and O–H groups in total. The Morgan fingerprint density at radius 1 is 1.43 bits per heavy atom. The van der Waals surface area contributed by atoms with Crippen molar-refractivity contribution in [3.63, 3.8) is 0 Å². The van der Waals surface area contributed by atoms with Crippen LogP contribution in [0.1, 0.15) is 26.2 Å². The van der Waals surface area contributed by atoms with E-state index in [1.54, 1.807) is 0 Å². The second kappa shape index (κ2) is 6.76. The van der Waals surface area contributed by atoms with E-state index in [0.29, 0.717) is 0 Å². The molecule has 0 spiro atoms. The Labute approximate surface area is 59.1 Å². The van der Waals surface area contributed by atoms with Crippen molar-refractivity contribution in [3.05, 3.63) is 0 Å². The number of unbranched alkanes of at least 4 members (excludes halogenated alkanes) is 2. The van der Waals surface area contributed by atoms with Crippen molar-refractivity contribution in [3.8, 4) is 0 Å². The average Bonchev–Trinajstić information content (AvgIpc) is 1.69. The standard InChI is InChI=1S/C5H11O.Sn/c1-2-3-4-5-6;/h2-5H2,1H3;/q-1;+1. The fraction of sp³-hybridized carbons (Fsp3) is 1.00. The zero-order chi connectivity index (χ0) is 5.54. The predicted molar refractivity (Wildman–Crippen MR) is 31.2 cm³/mol.